The maximum Gasteiger partial charge on any atom is 0.245 e. The van der Waals surface area contributed by atoms with Gasteiger partial charge in [-0.3, -0.25) is 82.1 Å². The van der Waals surface area contributed by atoms with E-state index in [0.717, 1.165) is 31.4 Å². The third-order valence-electron chi connectivity index (χ3n) is 23.8. The quantitative estimate of drug-likeness (QED) is 0.0182. The Balaban J connectivity index is 0.0000238. The van der Waals surface area contributed by atoms with Crippen LogP contribution in [0.15, 0.2) is 85.2 Å². The third-order valence-corrected chi connectivity index (χ3v) is 24.8. The van der Waals surface area contributed by atoms with Crippen molar-refractivity contribution >= 4 is 134 Å². The molecular formula is C90H134N22O19S. The normalized spacial score (nSPS) is 25.0. The third kappa shape index (κ3) is 29.8. The number of thioether (sulfide) groups is 1. The van der Waals surface area contributed by atoms with E-state index >= 15 is 33.6 Å². The van der Waals surface area contributed by atoms with E-state index < -0.39 is 222 Å². The van der Waals surface area contributed by atoms with Crippen molar-refractivity contribution in [2.24, 2.45) is 23.1 Å². The van der Waals surface area contributed by atoms with E-state index in [0.29, 0.717) is 70.6 Å². The van der Waals surface area contributed by atoms with Crippen LogP contribution in [0.25, 0.3) is 21.8 Å². The number of nitrogens with one attached hydrogen (secondary N) is 14. The molecule has 3 aliphatic rings. The summed E-state index contributed by atoms with van der Waals surface area (Å²) in [5, 5.41) is 71.2. The Bertz CT molecular complexity index is 4860. The lowest BCUT2D eigenvalue weighted by Crippen LogP contribution is -2.61. The van der Waals surface area contributed by atoms with Crippen molar-refractivity contribution in [1.29, 1.82) is 5.41 Å². The second-order valence-corrected chi connectivity index (χ2v) is 35.2. The Morgan fingerprint density at radius 2 is 1.08 bits per heavy atom. The highest BCUT2D eigenvalue weighted by molar-refractivity contribution is 8.00. The number of aliphatic hydroxyl groups is 2. The molecule has 41 nitrogen and oxygen atoms in total. The average Bonchev–Trinajstić information content (AvgIpc) is 1.61. The van der Waals surface area contributed by atoms with Crippen LogP contribution in [0.5, 0.6) is 5.75 Å². The predicted octanol–water partition coefficient (Wildman–Crippen LogP) is -1.38. The molecule has 3 fully saturated rings. The smallest absolute Gasteiger partial charge is 0.245 e. The molecule has 3 aliphatic heterocycles. The van der Waals surface area contributed by atoms with Gasteiger partial charge in [0.05, 0.1) is 25.0 Å². The van der Waals surface area contributed by atoms with Gasteiger partial charge in [-0.1, -0.05) is 109 Å². The molecule has 42 heteroatoms. The van der Waals surface area contributed by atoms with Crippen molar-refractivity contribution in [3.63, 3.8) is 0 Å². The first kappa shape index (κ1) is 107. The maximum atomic E-state index is 15.7. The van der Waals surface area contributed by atoms with Crippen molar-refractivity contribution in [1.82, 2.24) is 93.0 Å². The van der Waals surface area contributed by atoms with Crippen molar-refractivity contribution in [3.05, 3.63) is 102 Å². The van der Waals surface area contributed by atoms with Gasteiger partial charge in [-0.2, -0.15) is 0 Å². The van der Waals surface area contributed by atoms with Crippen LogP contribution in [0.4, 0.5) is 0 Å². The number of carbonyl (C=O) groups excluding carboxylic acids is 16. The van der Waals surface area contributed by atoms with E-state index in [4.69, 9.17) is 22.6 Å². The number of likely N-dealkylation sites (N-methyl/N-ethyl adjacent to an activating group) is 3. The van der Waals surface area contributed by atoms with Crippen molar-refractivity contribution < 1.29 is 92.0 Å². The highest BCUT2D eigenvalue weighted by Crippen LogP contribution is 2.28. The first-order valence-electron chi connectivity index (χ1n) is 44.6. The number of unbranched alkanes of at least 4 members (excludes halogenated alkanes) is 2. The molecule has 0 spiro atoms. The maximum absolute atomic E-state index is 15.7. The van der Waals surface area contributed by atoms with Gasteiger partial charge in [0.15, 0.2) is 5.96 Å². The minimum Gasteiger partial charge on any atom is -0.508 e. The molecule has 15 atom stereocenters. The number of aliphatic hydroxyl groups excluding tert-OH is 2. The molecule has 5 heterocycles. The number of benzene rings is 3. The lowest BCUT2D eigenvalue weighted by Gasteiger charge is -2.36. The van der Waals surface area contributed by atoms with E-state index in [2.05, 4.69) is 68.5 Å². The molecule has 23 N–H and O–H groups in total. The van der Waals surface area contributed by atoms with Crippen LogP contribution >= 0.6 is 11.8 Å². The summed E-state index contributed by atoms with van der Waals surface area (Å²) in [7, 11) is 4.00. The Labute approximate surface area is 772 Å². The number of primary amides is 1. The molecule has 3 saturated heterocycles. The number of aromatic amines is 2. The molecule has 0 unspecified atom stereocenters. The zero-order valence-electron chi connectivity index (χ0n) is 75.7. The van der Waals surface area contributed by atoms with E-state index in [1.807, 2.05) is 13.8 Å². The summed E-state index contributed by atoms with van der Waals surface area (Å²) in [6.45, 7) is 7.85. The highest BCUT2D eigenvalue weighted by atomic mass is 32.2. The molecular weight excluding hydrogens is 1730 g/mol. The molecule has 0 saturated carbocycles. The summed E-state index contributed by atoms with van der Waals surface area (Å²) < 4.78 is 0. The number of H-pyrrole nitrogens is 2. The largest absolute Gasteiger partial charge is 0.508 e. The Morgan fingerprint density at radius 3 is 1.69 bits per heavy atom. The van der Waals surface area contributed by atoms with Crippen LogP contribution in [0.1, 0.15) is 156 Å². The SMILES string of the molecule is C.CCCC[C@H]1C(=O)N(C)[C@@H](CCCC)C(=O)N[C@@H](CCCNC(=N)N)C(=O)N[C@H](C(=O)NCC(N)=O)CSCC(=O)N[C@@H](Cc2ccc(O)cc2)C(=O)N(C)[C@@H](C)C(=O)N[C@@H](CCCN)C(=O)N2CCC[C@H]2C(=O)N[C@@H](C)C(=O)N[C@@H](CC(C)C)C(=O)N2C[C@@H](O)C[C@H]2C(=O)N[C@@H](Cc2c[nH]c3ccccc23)C(=O)N[C@@H](CO)C(=O)N[C@@H](Cc2c[nH]c3ccccc23)C(=O)N1C. The van der Waals surface area contributed by atoms with E-state index in [9.17, 15) is 58.5 Å². The summed E-state index contributed by atoms with van der Waals surface area (Å²) in [6.07, 6.45) is 2.90. The Morgan fingerprint density at radius 1 is 0.553 bits per heavy atom. The lowest BCUT2D eigenvalue weighted by molar-refractivity contribution is -0.149. The van der Waals surface area contributed by atoms with Crippen molar-refractivity contribution in [2.45, 2.75) is 249 Å². The molecule has 0 bridgehead atoms. The van der Waals surface area contributed by atoms with E-state index in [1.54, 1.807) is 74.8 Å². The van der Waals surface area contributed by atoms with Crippen LogP contribution in [0, 0.1) is 11.3 Å². The molecule has 0 radical (unpaired) electrons. The first-order chi connectivity index (χ1) is 62.4. The number of phenols is 1. The minimum atomic E-state index is -1.87. The minimum absolute atomic E-state index is 0. The zero-order chi connectivity index (χ0) is 96.0. The Kier molecular flexibility index (Phi) is 41.5. The molecule has 16 amide bonds. The second-order valence-electron chi connectivity index (χ2n) is 34.1. The number of hydrogen-bond donors (Lipinski definition) is 20. The van der Waals surface area contributed by atoms with Crippen LogP contribution in [0.3, 0.4) is 0 Å². The number of amides is 16. The number of aromatic nitrogens is 2. The summed E-state index contributed by atoms with van der Waals surface area (Å²) in [5.41, 5.74) is 19.8. The van der Waals surface area contributed by atoms with Crippen LogP contribution in [0.2, 0.25) is 0 Å². The van der Waals surface area contributed by atoms with Gasteiger partial charge in [-0.25, -0.2) is 0 Å². The molecule has 2 aromatic heterocycles. The van der Waals surface area contributed by atoms with Crippen molar-refractivity contribution in [2.75, 3.05) is 72.0 Å². The topological polar surface area (TPSA) is 616 Å². The summed E-state index contributed by atoms with van der Waals surface area (Å²) in [4.78, 5) is 248. The fraction of sp³-hybridized carbons (Fsp3) is 0.567. The standard InChI is InChI=1S/C89H130N22O19S.CH4/c1-10-12-27-69-81(123)100-61(26-19-35-94-89(92)93)78(120)106-68(77(119)97-44-73(91)115)47-131-48-74(116)99-65(38-52-30-32-55(113)33-31-52)84(126)107(7)51(6)76(118)101-62(25-18-34-90)86(128)110-36-20-29-70(110)82(124)98-50(5)75(117)103-64(37-49(3)4)87(129)111-45-56(114)41-72(111)83(125)102-63(39-53-42-95-59-23-16-14-21-57(53)59)79(121)105-67(46-112)80(122)104-66(40-54-43-96-60-24-17-15-22-58(54)60)85(127)109(9)71(28-13-11-2)88(130)108(69)8;/h14-17,21-24,30-33,42-43,49-51,56,61-72,95-96,112-114H,10-13,18-20,25-29,34-41,44-48,90H2,1-9H3,(H2,91,115)(H,97,119)(H,98,124)(H,99,116)(H,100,123)(H,101,118)(H,102,125)(H,103,117)(H,104,122)(H,105,121)(H,106,120)(H4,92,93,94);1H4/t50-,51-,56-,61-,62-,63-,64-,65-,66-,67-,68-,69-,70-,71-,72-;/m0./s1. The van der Waals surface area contributed by atoms with Crippen LogP contribution in [-0.4, -0.2) is 313 Å². The van der Waals surface area contributed by atoms with Crippen molar-refractivity contribution in [3.8, 4) is 5.75 Å². The number of carbonyl (C=O) groups is 16. The molecule has 724 valence electrons. The monoisotopic (exact) mass is 1860 g/mol. The van der Waals surface area contributed by atoms with E-state index in [1.165, 1.54) is 64.2 Å². The van der Waals surface area contributed by atoms with Gasteiger partial charge >= 0.3 is 0 Å². The molecule has 5 aromatic rings. The van der Waals surface area contributed by atoms with Crippen LogP contribution in [-0.2, 0) is 96.0 Å². The highest BCUT2D eigenvalue weighted by Gasteiger charge is 2.46. The number of para-hydroxylation sites is 2. The fourth-order valence-electron chi connectivity index (χ4n) is 16.3. The zero-order valence-corrected chi connectivity index (χ0v) is 76.6. The number of nitrogens with two attached hydrogens (primary N) is 3. The number of fused-ring (bicyclic) bond motifs is 4. The summed E-state index contributed by atoms with van der Waals surface area (Å²) in [6, 6.07) is -0.692. The van der Waals surface area contributed by atoms with Crippen LogP contribution < -0.4 is 75.7 Å². The second kappa shape index (κ2) is 51.4. The Hall–Kier alpha value is -12.4. The molecule has 132 heavy (non-hydrogen) atoms. The number of rotatable bonds is 25. The molecule has 3 aromatic carbocycles. The first-order valence-corrected chi connectivity index (χ1v) is 45.8. The number of aromatic hydroxyl groups is 1. The average molecular weight is 1860 g/mol. The predicted molar refractivity (Wildman–Crippen MR) is 494 cm³/mol. The lowest BCUT2D eigenvalue weighted by atomic mass is 10.00. The van der Waals surface area contributed by atoms with Gasteiger partial charge < -0.3 is 125 Å². The molecule has 0 aliphatic carbocycles. The van der Waals surface area contributed by atoms with Gasteiger partial charge in [0, 0.05) is 106 Å². The van der Waals surface area contributed by atoms with Gasteiger partial charge in [-0.15, -0.1) is 11.8 Å². The number of nitrogens with zero attached hydrogens (tertiary/aromatic N) is 5. The summed E-state index contributed by atoms with van der Waals surface area (Å²) in [5.74, 6) is -15.7. The number of hydrogen-bond acceptors (Lipinski definition) is 22. The summed E-state index contributed by atoms with van der Waals surface area (Å²) >= 11 is 0.794. The number of guanidine groups is 1. The number of phenolic OH excluding ortho intramolecular Hbond substituents is 1. The molecule has 8 rings (SSSR count). The van der Waals surface area contributed by atoms with E-state index in [-0.39, 0.29) is 116 Å². The van der Waals surface area contributed by atoms with Gasteiger partial charge in [0.2, 0.25) is 94.5 Å². The van der Waals surface area contributed by atoms with Gasteiger partial charge in [0.1, 0.15) is 90.3 Å². The fourth-order valence-corrected chi connectivity index (χ4v) is 17.1. The van der Waals surface area contributed by atoms with Gasteiger partial charge in [0.25, 0.3) is 0 Å². The van der Waals surface area contributed by atoms with Gasteiger partial charge in [-0.05, 0) is 125 Å².